The summed E-state index contributed by atoms with van der Waals surface area (Å²) in [4.78, 5) is 17.3. The average molecular weight is 288 g/mol. The van der Waals surface area contributed by atoms with Crippen LogP contribution < -0.4 is 5.73 Å². The van der Waals surface area contributed by atoms with Gasteiger partial charge in [-0.2, -0.15) is 0 Å². The summed E-state index contributed by atoms with van der Waals surface area (Å²) in [7, 11) is 0. The van der Waals surface area contributed by atoms with Crippen LogP contribution in [0.4, 0.5) is 0 Å². The van der Waals surface area contributed by atoms with E-state index in [9.17, 15) is 4.79 Å². The van der Waals surface area contributed by atoms with Crippen molar-refractivity contribution in [2.45, 2.75) is 52.9 Å². The Morgan fingerprint density at radius 2 is 1.85 bits per heavy atom. The van der Waals surface area contributed by atoms with Gasteiger partial charge in [-0.15, -0.1) is 5.06 Å². The second-order valence-electron chi connectivity index (χ2n) is 6.05. The SMILES string of the molecule is CCOC1(OCC)CCN(OC(=O)C(C)(C)C)CC1N. The normalized spacial score (nSPS) is 23.6. The third-order valence-electron chi connectivity index (χ3n) is 3.28. The van der Waals surface area contributed by atoms with E-state index >= 15 is 0 Å². The first kappa shape index (κ1) is 17.4. The molecule has 0 aliphatic carbocycles. The Hall–Kier alpha value is -0.690. The first-order chi connectivity index (χ1) is 9.25. The second-order valence-corrected chi connectivity index (χ2v) is 6.05. The van der Waals surface area contributed by atoms with Crippen LogP contribution in [0.25, 0.3) is 0 Å². The maximum atomic E-state index is 11.9. The highest BCUT2D eigenvalue weighted by Crippen LogP contribution is 2.28. The first-order valence-corrected chi connectivity index (χ1v) is 7.26. The third kappa shape index (κ3) is 4.15. The van der Waals surface area contributed by atoms with Crippen molar-refractivity contribution in [3.05, 3.63) is 0 Å². The van der Waals surface area contributed by atoms with Crippen molar-refractivity contribution in [1.82, 2.24) is 5.06 Å². The number of rotatable bonds is 5. The number of carbonyl (C=O) groups is 1. The molecular weight excluding hydrogens is 260 g/mol. The van der Waals surface area contributed by atoms with Gasteiger partial charge in [0, 0.05) is 26.2 Å². The average Bonchev–Trinajstić information content (AvgIpc) is 2.33. The molecule has 1 rings (SSSR count). The number of piperidine rings is 1. The van der Waals surface area contributed by atoms with Gasteiger partial charge in [-0.1, -0.05) is 0 Å². The zero-order valence-electron chi connectivity index (χ0n) is 13.3. The molecule has 6 heteroatoms. The molecule has 0 aromatic rings. The van der Waals surface area contributed by atoms with Gasteiger partial charge in [0.15, 0.2) is 5.79 Å². The van der Waals surface area contributed by atoms with Crippen molar-refractivity contribution < 1.29 is 19.1 Å². The molecule has 1 heterocycles. The van der Waals surface area contributed by atoms with Crippen molar-refractivity contribution >= 4 is 5.97 Å². The molecule has 6 nitrogen and oxygen atoms in total. The lowest BCUT2D eigenvalue weighted by atomic mass is 9.97. The molecular formula is C14H28N2O4. The van der Waals surface area contributed by atoms with Crippen LogP contribution in [0.2, 0.25) is 0 Å². The minimum Gasteiger partial charge on any atom is -0.367 e. The molecule has 1 fully saturated rings. The van der Waals surface area contributed by atoms with Crippen LogP contribution in [0.15, 0.2) is 0 Å². The summed E-state index contributed by atoms with van der Waals surface area (Å²) in [5, 5.41) is 1.61. The van der Waals surface area contributed by atoms with Crippen molar-refractivity contribution in [3.63, 3.8) is 0 Å². The zero-order valence-corrected chi connectivity index (χ0v) is 13.3. The molecule has 118 valence electrons. The molecule has 2 N–H and O–H groups in total. The quantitative estimate of drug-likeness (QED) is 0.769. The minimum absolute atomic E-state index is 0.259. The smallest absolute Gasteiger partial charge is 0.330 e. The van der Waals surface area contributed by atoms with Gasteiger partial charge in [0.25, 0.3) is 0 Å². The monoisotopic (exact) mass is 288 g/mol. The van der Waals surface area contributed by atoms with Crippen LogP contribution >= 0.6 is 0 Å². The lowest BCUT2D eigenvalue weighted by Gasteiger charge is -2.44. The molecule has 1 atom stereocenters. The van der Waals surface area contributed by atoms with E-state index in [-0.39, 0.29) is 12.0 Å². The van der Waals surface area contributed by atoms with Crippen molar-refractivity contribution in [2.75, 3.05) is 26.3 Å². The zero-order chi connectivity index (χ0) is 15.4. The van der Waals surface area contributed by atoms with Crippen LogP contribution in [0, 0.1) is 5.41 Å². The van der Waals surface area contributed by atoms with E-state index in [1.807, 2.05) is 34.6 Å². The molecule has 0 spiro atoms. The Labute approximate surface area is 121 Å². The van der Waals surface area contributed by atoms with Crippen LogP contribution in [0.1, 0.15) is 41.0 Å². The van der Waals surface area contributed by atoms with E-state index in [0.717, 1.165) is 0 Å². The van der Waals surface area contributed by atoms with E-state index in [1.54, 1.807) is 5.06 Å². The maximum Gasteiger partial charge on any atom is 0.330 e. The molecule has 0 amide bonds. The number of hydroxylamine groups is 2. The van der Waals surface area contributed by atoms with E-state index in [2.05, 4.69) is 0 Å². The Balaban J connectivity index is 2.64. The lowest BCUT2D eigenvalue weighted by molar-refractivity contribution is -0.288. The molecule has 0 aromatic heterocycles. The van der Waals surface area contributed by atoms with Gasteiger partial charge in [0.1, 0.15) is 0 Å². The topological polar surface area (TPSA) is 74.0 Å². The fourth-order valence-corrected chi connectivity index (χ4v) is 2.14. The summed E-state index contributed by atoms with van der Waals surface area (Å²) < 4.78 is 11.5. The van der Waals surface area contributed by atoms with Gasteiger partial charge in [-0.3, -0.25) is 0 Å². The van der Waals surface area contributed by atoms with Crippen molar-refractivity contribution in [2.24, 2.45) is 11.1 Å². The van der Waals surface area contributed by atoms with Crippen LogP contribution in [0.3, 0.4) is 0 Å². The van der Waals surface area contributed by atoms with E-state index in [0.29, 0.717) is 32.7 Å². The van der Waals surface area contributed by atoms with Gasteiger partial charge < -0.3 is 20.0 Å². The Morgan fingerprint density at radius 1 is 1.30 bits per heavy atom. The molecule has 1 unspecified atom stereocenters. The number of carbonyl (C=O) groups excluding carboxylic acids is 1. The predicted octanol–water partition coefficient (Wildman–Crippen LogP) is 1.29. The molecule has 0 bridgehead atoms. The molecule has 0 aromatic carbocycles. The standard InChI is InChI=1S/C14H28N2O4/c1-6-18-14(19-7-2)8-9-16(10-11(14)15)20-12(17)13(3,4)5/h11H,6-10,15H2,1-5H3. The summed E-state index contributed by atoms with van der Waals surface area (Å²) in [5.74, 6) is -1.03. The summed E-state index contributed by atoms with van der Waals surface area (Å²) in [6, 6.07) is -0.357. The second kappa shape index (κ2) is 6.85. The van der Waals surface area contributed by atoms with Gasteiger partial charge in [-0.25, -0.2) is 4.79 Å². The lowest BCUT2D eigenvalue weighted by Crippen LogP contribution is -2.62. The van der Waals surface area contributed by atoms with Crippen LogP contribution in [-0.4, -0.2) is 49.2 Å². The number of ether oxygens (including phenoxy) is 2. The van der Waals surface area contributed by atoms with Crippen LogP contribution in [-0.2, 0) is 19.1 Å². The van der Waals surface area contributed by atoms with Gasteiger partial charge in [-0.05, 0) is 34.6 Å². The fraction of sp³-hybridized carbons (Fsp3) is 0.929. The van der Waals surface area contributed by atoms with Gasteiger partial charge in [0.2, 0.25) is 0 Å². The first-order valence-electron chi connectivity index (χ1n) is 7.26. The summed E-state index contributed by atoms with van der Waals surface area (Å²) in [6.45, 7) is 11.3. The largest absolute Gasteiger partial charge is 0.367 e. The molecule has 20 heavy (non-hydrogen) atoms. The van der Waals surface area contributed by atoms with E-state index in [1.165, 1.54) is 0 Å². The Morgan fingerprint density at radius 3 is 2.25 bits per heavy atom. The molecule has 1 aliphatic heterocycles. The molecule has 1 saturated heterocycles. The molecule has 0 saturated carbocycles. The van der Waals surface area contributed by atoms with Crippen molar-refractivity contribution in [3.8, 4) is 0 Å². The third-order valence-corrected chi connectivity index (χ3v) is 3.28. The highest BCUT2D eigenvalue weighted by Gasteiger charge is 2.44. The van der Waals surface area contributed by atoms with Gasteiger partial charge >= 0.3 is 5.97 Å². The number of hydrogen-bond acceptors (Lipinski definition) is 6. The molecule has 0 radical (unpaired) electrons. The number of nitrogens with two attached hydrogens (primary N) is 1. The number of nitrogens with zero attached hydrogens (tertiary/aromatic N) is 1. The fourth-order valence-electron chi connectivity index (χ4n) is 2.14. The predicted molar refractivity (Wildman–Crippen MR) is 75.7 cm³/mol. The Kier molecular flexibility index (Phi) is 5.94. The molecule has 1 aliphatic rings. The summed E-state index contributed by atoms with van der Waals surface area (Å²) in [5.41, 5.74) is 5.65. The van der Waals surface area contributed by atoms with Crippen LogP contribution in [0.5, 0.6) is 0 Å². The maximum absolute atomic E-state index is 11.9. The van der Waals surface area contributed by atoms with E-state index < -0.39 is 11.2 Å². The minimum atomic E-state index is -0.770. The highest BCUT2D eigenvalue weighted by atomic mass is 16.7. The van der Waals surface area contributed by atoms with Gasteiger partial charge in [0.05, 0.1) is 18.0 Å². The summed E-state index contributed by atoms with van der Waals surface area (Å²) in [6.07, 6.45) is 0.577. The van der Waals surface area contributed by atoms with Crippen molar-refractivity contribution in [1.29, 1.82) is 0 Å². The number of hydrogen-bond donors (Lipinski definition) is 1. The summed E-state index contributed by atoms with van der Waals surface area (Å²) >= 11 is 0. The highest BCUT2D eigenvalue weighted by molar-refractivity contribution is 5.75. The Bertz CT molecular complexity index is 322. The van der Waals surface area contributed by atoms with E-state index in [4.69, 9.17) is 20.0 Å².